The Labute approximate surface area is 162 Å². The molecule has 0 saturated carbocycles. The summed E-state index contributed by atoms with van der Waals surface area (Å²) in [7, 11) is 0. The molecule has 2 heterocycles. The number of fused-ring (bicyclic) bond motifs is 1. The van der Waals surface area contributed by atoms with Crippen molar-refractivity contribution in [2.75, 3.05) is 25.0 Å². The number of carbonyl (C=O) groups is 2. The van der Waals surface area contributed by atoms with Gasteiger partial charge in [-0.2, -0.15) is 5.10 Å². The molecule has 0 fully saturated rings. The molecule has 0 saturated heterocycles. The Morgan fingerprint density at radius 3 is 2.64 bits per heavy atom. The number of rotatable bonds is 9. The lowest BCUT2D eigenvalue weighted by atomic mass is 10.3. The summed E-state index contributed by atoms with van der Waals surface area (Å²) >= 11 is 0. The van der Waals surface area contributed by atoms with Crippen molar-refractivity contribution >= 4 is 28.9 Å². The molecular weight excluding hydrogens is 360 g/mol. The predicted molar refractivity (Wildman–Crippen MR) is 105 cm³/mol. The molecule has 0 unspecified atom stereocenters. The molecule has 28 heavy (non-hydrogen) atoms. The largest absolute Gasteiger partial charge is 0.478 e. The molecule has 9 nitrogen and oxygen atoms in total. The predicted octanol–water partition coefficient (Wildman–Crippen LogP) is 1.91. The van der Waals surface area contributed by atoms with E-state index in [1.165, 1.54) is 17.1 Å². The number of benzene rings is 1. The minimum absolute atomic E-state index is 0.0410. The van der Waals surface area contributed by atoms with Crippen LogP contribution in [0.2, 0.25) is 0 Å². The number of amides is 1. The number of carboxylic acids is 1. The first-order valence-corrected chi connectivity index (χ1v) is 9.25. The lowest BCUT2D eigenvalue weighted by Gasteiger charge is -2.19. The van der Waals surface area contributed by atoms with E-state index in [4.69, 9.17) is 5.11 Å². The zero-order chi connectivity index (χ0) is 20.1. The third kappa shape index (κ3) is 4.37. The van der Waals surface area contributed by atoms with Crippen molar-refractivity contribution in [2.24, 2.45) is 0 Å². The third-order valence-corrected chi connectivity index (χ3v) is 4.63. The van der Waals surface area contributed by atoms with E-state index in [1.54, 1.807) is 0 Å². The Kier molecular flexibility index (Phi) is 6.05. The van der Waals surface area contributed by atoms with Gasteiger partial charge in [-0.3, -0.25) is 14.8 Å². The van der Waals surface area contributed by atoms with Crippen LogP contribution in [0.25, 0.3) is 11.0 Å². The van der Waals surface area contributed by atoms with E-state index >= 15 is 0 Å². The molecule has 148 valence electrons. The molecule has 0 atom stereocenters. The fraction of sp³-hybridized carbons (Fsp3) is 0.368. The van der Waals surface area contributed by atoms with Crippen LogP contribution in [0.3, 0.4) is 0 Å². The van der Waals surface area contributed by atoms with Crippen LogP contribution in [0.4, 0.5) is 5.95 Å². The third-order valence-electron chi connectivity index (χ3n) is 4.63. The molecule has 2 aromatic heterocycles. The lowest BCUT2D eigenvalue weighted by Crippen LogP contribution is -2.28. The summed E-state index contributed by atoms with van der Waals surface area (Å²) < 4.78 is 3.29. The number of nitrogens with one attached hydrogen (secondary N) is 1. The van der Waals surface area contributed by atoms with Crippen LogP contribution in [0.5, 0.6) is 0 Å². The average molecular weight is 384 g/mol. The zero-order valence-corrected chi connectivity index (χ0v) is 16.0. The number of aromatic carboxylic acids is 1. The number of anilines is 1. The Hall–Kier alpha value is -3.20. The van der Waals surface area contributed by atoms with Gasteiger partial charge in [-0.15, -0.1) is 0 Å². The first-order chi connectivity index (χ1) is 13.5. The Bertz CT molecular complexity index is 973. The molecule has 1 aromatic carbocycles. The molecule has 3 rings (SSSR count). The van der Waals surface area contributed by atoms with Gasteiger partial charge in [-0.25, -0.2) is 9.78 Å². The van der Waals surface area contributed by atoms with Crippen LogP contribution in [0, 0.1) is 0 Å². The van der Waals surface area contributed by atoms with Crippen LogP contribution in [0.15, 0.2) is 36.7 Å². The first-order valence-electron chi connectivity index (χ1n) is 9.25. The van der Waals surface area contributed by atoms with Crippen LogP contribution in [0.1, 0.15) is 24.2 Å². The maximum atomic E-state index is 12.5. The second-order valence-electron chi connectivity index (χ2n) is 6.38. The van der Waals surface area contributed by atoms with Gasteiger partial charge in [0.25, 0.3) is 0 Å². The number of carboxylic acid groups (broad SMARTS) is 1. The van der Waals surface area contributed by atoms with E-state index in [-0.39, 0.29) is 18.0 Å². The Morgan fingerprint density at radius 2 is 1.96 bits per heavy atom. The summed E-state index contributed by atoms with van der Waals surface area (Å²) in [6.45, 7) is 7.60. The molecule has 0 bridgehead atoms. The molecule has 0 aliphatic rings. The number of hydrogen-bond acceptors (Lipinski definition) is 5. The zero-order valence-electron chi connectivity index (χ0n) is 16.0. The fourth-order valence-electron chi connectivity index (χ4n) is 3.05. The molecular formula is C19H24N6O3. The molecule has 3 aromatic rings. The molecule has 1 amide bonds. The van der Waals surface area contributed by atoms with Gasteiger partial charge in [0.2, 0.25) is 11.9 Å². The highest BCUT2D eigenvalue weighted by Gasteiger charge is 2.15. The second kappa shape index (κ2) is 8.66. The van der Waals surface area contributed by atoms with Crippen molar-refractivity contribution in [3.05, 3.63) is 42.2 Å². The Balaban J connectivity index is 1.77. The van der Waals surface area contributed by atoms with E-state index in [0.717, 1.165) is 30.7 Å². The molecule has 0 radical (unpaired) electrons. The van der Waals surface area contributed by atoms with Gasteiger partial charge in [0.15, 0.2) is 0 Å². The van der Waals surface area contributed by atoms with E-state index in [9.17, 15) is 9.59 Å². The monoisotopic (exact) mass is 384 g/mol. The number of likely N-dealkylation sites (N-methyl/N-ethyl adjacent to an activating group) is 1. The maximum Gasteiger partial charge on any atom is 0.338 e. The van der Waals surface area contributed by atoms with Gasteiger partial charge < -0.3 is 14.6 Å². The van der Waals surface area contributed by atoms with Gasteiger partial charge >= 0.3 is 5.97 Å². The summed E-state index contributed by atoms with van der Waals surface area (Å²) in [5.41, 5.74) is 1.81. The van der Waals surface area contributed by atoms with Gasteiger partial charge in [-0.05, 0) is 25.2 Å². The molecule has 9 heteroatoms. The highest BCUT2D eigenvalue weighted by atomic mass is 16.4. The number of para-hydroxylation sites is 2. The van der Waals surface area contributed by atoms with Crippen molar-refractivity contribution in [1.82, 2.24) is 24.2 Å². The lowest BCUT2D eigenvalue weighted by molar-refractivity contribution is -0.117. The Morgan fingerprint density at radius 1 is 1.21 bits per heavy atom. The van der Waals surface area contributed by atoms with Crippen LogP contribution < -0.4 is 5.32 Å². The topological polar surface area (TPSA) is 105 Å². The summed E-state index contributed by atoms with van der Waals surface area (Å²) in [5, 5.41) is 15.7. The van der Waals surface area contributed by atoms with Crippen LogP contribution >= 0.6 is 0 Å². The van der Waals surface area contributed by atoms with E-state index in [2.05, 4.69) is 34.1 Å². The van der Waals surface area contributed by atoms with Crippen molar-refractivity contribution in [3.63, 3.8) is 0 Å². The summed E-state index contributed by atoms with van der Waals surface area (Å²) in [6.07, 6.45) is 2.54. The molecule has 0 aliphatic carbocycles. The first kappa shape index (κ1) is 19.6. The minimum Gasteiger partial charge on any atom is -0.478 e. The van der Waals surface area contributed by atoms with Crippen LogP contribution in [-0.2, 0) is 17.9 Å². The number of aromatic nitrogens is 4. The number of nitrogens with zero attached hydrogens (tertiary/aromatic N) is 5. The van der Waals surface area contributed by atoms with Crippen molar-refractivity contribution in [2.45, 2.75) is 26.9 Å². The second-order valence-corrected chi connectivity index (χ2v) is 6.38. The van der Waals surface area contributed by atoms with Crippen molar-refractivity contribution in [3.8, 4) is 0 Å². The average Bonchev–Trinajstić information content (AvgIpc) is 3.27. The SMILES string of the molecule is CCN(CC)CCn1c(NC(=O)Cn2cc(C(=O)O)cn2)nc2ccccc21. The van der Waals surface area contributed by atoms with Crippen LogP contribution in [-0.4, -0.2) is 60.8 Å². The molecule has 0 spiro atoms. The highest BCUT2D eigenvalue weighted by molar-refractivity contribution is 5.91. The van der Waals surface area contributed by atoms with E-state index in [1.807, 2.05) is 28.8 Å². The minimum atomic E-state index is -1.08. The summed E-state index contributed by atoms with van der Waals surface area (Å²) in [4.78, 5) is 30.2. The van der Waals surface area contributed by atoms with Gasteiger partial charge in [0, 0.05) is 19.3 Å². The normalized spacial score (nSPS) is 11.2. The smallest absolute Gasteiger partial charge is 0.338 e. The van der Waals surface area contributed by atoms with Crippen molar-refractivity contribution < 1.29 is 14.7 Å². The summed E-state index contributed by atoms with van der Waals surface area (Å²) in [6, 6.07) is 7.74. The molecule has 2 N–H and O–H groups in total. The van der Waals surface area contributed by atoms with Gasteiger partial charge in [0.1, 0.15) is 6.54 Å². The standard InChI is InChI=1S/C19H24N6O3/c1-3-23(4-2)9-10-25-16-8-6-5-7-15(16)21-19(25)22-17(26)13-24-12-14(11-20-24)18(27)28/h5-8,11-12H,3-4,9-10,13H2,1-2H3,(H,27,28)(H,21,22,26). The fourth-order valence-corrected chi connectivity index (χ4v) is 3.05. The number of imidazole rings is 1. The maximum absolute atomic E-state index is 12.5. The number of carbonyl (C=O) groups excluding carboxylic acids is 1. The van der Waals surface area contributed by atoms with Gasteiger partial charge in [-0.1, -0.05) is 26.0 Å². The number of hydrogen-bond donors (Lipinski definition) is 2. The van der Waals surface area contributed by atoms with E-state index in [0.29, 0.717) is 12.5 Å². The van der Waals surface area contributed by atoms with Gasteiger partial charge in [0.05, 0.1) is 22.8 Å². The van der Waals surface area contributed by atoms with Crippen molar-refractivity contribution in [1.29, 1.82) is 0 Å². The quantitative estimate of drug-likeness (QED) is 0.584. The molecule has 0 aliphatic heterocycles. The van der Waals surface area contributed by atoms with E-state index < -0.39 is 5.97 Å². The summed E-state index contributed by atoms with van der Waals surface area (Å²) in [5.74, 6) is -0.923. The highest BCUT2D eigenvalue weighted by Crippen LogP contribution is 2.19.